The van der Waals surface area contributed by atoms with E-state index in [-0.39, 0.29) is 11.2 Å². The van der Waals surface area contributed by atoms with Crippen molar-refractivity contribution < 1.29 is 14.6 Å². The average molecular weight is 253 g/mol. The fraction of sp³-hybridized carbons (Fsp3) is 0.667. The molecule has 2 rings (SSSR count). The Balaban J connectivity index is 2.10. The molecule has 1 unspecified atom stereocenters. The second-order valence-corrected chi connectivity index (χ2v) is 5.36. The maximum atomic E-state index is 10.8. The van der Waals surface area contributed by atoms with E-state index in [1.807, 2.05) is 20.8 Å². The van der Waals surface area contributed by atoms with E-state index < -0.39 is 11.8 Å². The van der Waals surface area contributed by atoms with Crippen molar-refractivity contribution in [2.24, 2.45) is 4.99 Å². The molecule has 100 valence electrons. The molecular weight excluding hydrogens is 234 g/mol. The lowest BCUT2D eigenvalue weighted by molar-refractivity contribution is -0.132. The van der Waals surface area contributed by atoms with Gasteiger partial charge in [-0.1, -0.05) is 0 Å². The van der Waals surface area contributed by atoms with E-state index in [4.69, 9.17) is 9.84 Å². The van der Waals surface area contributed by atoms with Crippen LogP contribution in [0.25, 0.3) is 0 Å². The zero-order valence-corrected chi connectivity index (χ0v) is 10.9. The molecule has 6 heteroatoms. The topological polar surface area (TPSA) is 74.2 Å². The summed E-state index contributed by atoms with van der Waals surface area (Å²) in [6, 6.07) is 0. The van der Waals surface area contributed by atoms with E-state index in [2.05, 4.69) is 15.2 Å². The Kier molecular flexibility index (Phi) is 3.16. The van der Waals surface area contributed by atoms with Crippen LogP contribution in [-0.2, 0) is 9.53 Å². The monoisotopic (exact) mass is 253 g/mol. The summed E-state index contributed by atoms with van der Waals surface area (Å²) in [7, 11) is 0. The number of rotatable bonds is 2. The molecule has 6 nitrogen and oxygen atoms in total. The summed E-state index contributed by atoms with van der Waals surface area (Å²) in [5.74, 6) is -1.57. The molecule has 0 amide bonds. The number of carboxylic acids is 1. The van der Waals surface area contributed by atoms with Crippen LogP contribution >= 0.6 is 0 Å². The maximum Gasteiger partial charge on any atom is 0.338 e. The van der Waals surface area contributed by atoms with Crippen molar-refractivity contribution in [1.82, 2.24) is 10.2 Å². The third-order valence-electron chi connectivity index (χ3n) is 3.24. The molecule has 2 aliphatic rings. The number of morpholine rings is 1. The Morgan fingerprint density at radius 3 is 2.78 bits per heavy atom. The minimum atomic E-state index is -0.976. The molecule has 0 aliphatic carbocycles. The van der Waals surface area contributed by atoms with Crippen molar-refractivity contribution in [3.8, 4) is 0 Å². The van der Waals surface area contributed by atoms with Crippen molar-refractivity contribution in [3.05, 3.63) is 11.8 Å². The summed E-state index contributed by atoms with van der Waals surface area (Å²) in [5, 5.41) is 11.9. The van der Waals surface area contributed by atoms with Crippen LogP contribution in [0.15, 0.2) is 16.8 Å². The predicted octanol–water partition coefficient (Wildman–Crippen LogP) is 0.413. The van der Waals surface area contributed by atoms with Crippen LogP contribution in [0.5, 0.6) is 0 Å². The number of hydrogen-bond donors (Lipinski definition) is 2. The van der Waals surface area contributed by atoms with Crippen LogP contribution in [0, 0.1) is 0 Å². The van der Waals surface area contributed by atoms with Gasteiger partial charge in [-0.2, -0.15) is 0 Å². The molecular formula is C12H19N3O3. The number of aliphatic imine (C=N–C) groups is 1. The molecule has 0 aromatic carbocycles. The van der Waals surface area contributed by atoms with Crippen LogP contribution in [0.2, 0.25) is 0 Å². The average Bonchev–Trinajstić information content (AvgIpc) is 2.28. The van der Waals surface area contributed by atoms with Gasteiger partial charge in [0, 0.05) is 25.5 Å². The Labute approximate surface area is 106 Å². The third-order valence-corrected chi connectivity index (χ3v) is 3.24. The zero-order chi connectivity index (χ0) is 13.4. The highest BCUT2D eigenvalue weighted by molar-refractivity contribution is 6.08. The first-order valence-electron chi connectivity index (χ1n) is 5.98. The van der Waals surface area contributed by atoms with Crippen LogP contribution in [0.1, 0.15) is 20.8 Å². The van der Waals surface area contributed by atoms with Crippen molar-refractivity contribution in [3.63, 3.8) is 0 Å². The summed E-state index contributed by atoms with van der Waals surface area (Å²) < 4.78 is 5.66. The highest BCUT2D eigenvalue weighted by atomic mass is 16.5. The Bertz CT molecular complexity index is 417. The SMILES string of the molecule is CC1(C)CN(C2(C)N=CC(C(=O)O)=CN2)CCO1. The molecule has 0 aromatic rings. The van der Waals surface area contributed by atoms with Crippen molar-refractivity contribution in [2.45, 2.75) is 32.2 Å². The van der Waals surface area contributed by atoms with E-state index in [1.54, 1.807) is 0 Å². The molecule has 2 N–H and O–H groups in total. The van der Waals surface area contributed by atoms with Gasteiger partial charge in [0.1, 0.15) is 0 Å². The number of carbonyl (C=O) groups is 1. The highest BCUT2D eigenvalue weighted by Gasteiger charge is 2.38. The lowest BCUT2D eigenvalue weighted by Crippen LogP contribution is -2.62. The smallest absolute Gasteiger partial charge is 0.338 e. The summed E-state index contributed by atoms with van der Waals surface area (Å²) in [4.78, 5) is 17.3. The molecule has 1 atom stereocenters. The van der Waals surface area contributed by atoms with E-state index in [1.165, 1.54) is 12.4 Å². The van der Waals surface area contributed by atoms with Crippen molar-refractivity contribution in [1.29, 1.82) is 0 Å². The number of ether oxygens (including phenoxy) is 1. The maximum absolute atomic E-state index is 10.8. The molecule has 0 spiro atoms. The van der Waals surface area contributed by atoms with E-state index in [0.29, 0.717) is 6.61 Å². The van der Waals surface area contributed by atoms with Gasteiger partial charge in [-0.25, -0.2) is 9.79 Å². The van der Waals surface area contributed by atoms with Crippen LogP contribution < -0.4 is 5.32 Å². The van der Waals surface area contributed by atoms with Crippen LogP contribution in [-0.4, -0.2) is 53.3 Å². The molecule has 1 saturated heterocycles. The van der Waals surface area contributed by atoms with Gasteiger partial charge in [-0.3, -0.25) is 4.90 Å². The normalized spacial score (nSPS) is 31.6. The first kappa shape index (κ1) is 13.0. The standard InChI is InChI=1S/C12H19N3O3/c1-11(2)8-15(4-5-18-11)12(3)13-6-9(7-14-12)10(16)17/h6-7,13H,4-5,8H2,1-3H3,(H,16,17). The van der Waals surface area contributed by atoms with Gasteiger partial charge in [0.05, 0.1) is 17.8 Å². The summed E-state index contributed by atoms with van der Waals surface area (Å²) in [5.41, 5.74) is -0.0464. The number of hydrogen-bond acceptors (Lipinski definition) is 5. The third kappa shape index (κ3) is 2.54. The van der Waals surface area contributed by atoms with E-state index in [0.717, 1.165) is 13.1 Å². The quantitative estimate of drug-likeness (QED) is 0.745. The largest absolute Gasteiger partial charge is 0.478 e. The summed E-state index contributed by atoms with van der Waals surface area (Å²) in [6.45, 7) is 8.15. The van der Waals surface area contributed by atoms with Gasteiger partial charge >= 0.3 is 5.97 Å². The van der Waals surface area contributed by atoms with E-state index >= 15 is 0 Å². The summed E-state index contributed by atoms with van der Waals surface area (Å²) >= 11 is 0. The molecule has 2 aliphatic heterocycles. The van der Waals surface area contributed by atoms with Crippen molar-refractivity contribution >= 4 is 12.2 Å². The summed E-state index contributed by atoms with van der Waals surface area (Å²) in [6.07, 6.45) is 2.90. The first-order chi connectivity index (χ1) is 8.32. The number of nitrogens with zero attached hydrogens (tertiary/aromatic N) is 2. The molecule has 0 radical (unpaired) electrons. The van der Waals surface area contributed by atoms with Crippen LogP contribution in [0.4, 0.5) is 0 Å². The highest BCUT2D eigenvalue weighted by Crippen LogP contribution is 2.24. The van der Waals surface area contributed by atoms with Crippen molar-refractivity contribution in [2.75, 3.05) is 19.7 Å². The van der Waals surface area contributed by atoms with Crippen LogP contribution in [0.3, 0.4) is 0 Å². The zero-order valence-electron chi connectivity index (χ0n) is 10.9. The Morgan fingerprint density at radius 1 is 1.56 bits per heavy atom. The molecule has 0 saturated carbocycles. The lowest BCUT2D eigenvalue weighted by Gasteiger charge is -2.46. The number of carboxylic acid groups (broad SMARTS) is 1. The Hall–Kier alpha value is -1.40. The molecule has 2 heterocycles. The van der Waals surface area contributed by atoms with Gasteiger partial charge in [-0.15, -0.1) is 0 Å². The molecule has 0 aromatic heterocycles. The molecule has 18 heavy (non-hydrogen) atoms. The predicted molar refractivity (Wildman–Crippen MR) is 67.4 cm³/mol. The lowest BCUT2D eigenvalue weighted by atomic mass is 10.1. The van der Waals surface area contributed by atoms with Gasteiger partial charge in [0.25, 0.3) is 0 Å². The van der Waals surface area contributed by atoms with Gasteiger partial charge in [0.15, 0.2) is 5.79 Å². The number of aliphatic carboxylic acids is 1. The van der Waals surface area contributed by atoms with E-state index in [9.17, 15) is 4.79 Å². The van der Waals surface area contributed by atoms with Gasteiger partial charge in [-0.05, 0) is 20.8 Å². The minimum Gasteiger partial charge on any atom is -0.478 e. The Morgan fingerprint density at radius 2 is 2.28 bits per heavy atom. The van der Waals surface area contributed by atoms with Gasteiger partial charge in [0.2, 0.25) is 0 Å². The fourth-order valence-corrected chi connectivity index (χ4v) is 2.16. The second kappa shape index (κ2) is 4.37. The number of nitrogens with one attached hydrogen (secondary N) is 1. The fourth-order valence-electron chi connectivity index (χ4n) is 2.16. The second-order valence-electron chi connectivity index (χ2n) is 5.36. The molecule has 0 bridgehead atoms. The van der Waals surface area contributed by atoms with Gasteiger partial charge < -0.3 is 15.2 Å². The minimum absolute atomic E-state index is 0.167. The first-order valence-corrected chi connectivity index (χ1v) is 5.98. The molecule has 1 fully saturated rings.